The SMILES string of the molecule is Brc1ccc2ncc(-c3ccnc(Nc4cccnc4)n3)n2c1. The third-order valence-electron chi connectivity index (χ3n) is 3.31. The number of halogens is 1. The molecule has 0 aromatic carbocycles. The summed E-state index contributed by atoms with van der Waals surface area (Å²) in [5.41, 5.74) is 3.39. The van der Waals surface area contributed by atoms with Gasteiger partial charge in [0.1, 0.15) is 5.65 Å². The van der Waals surface area contributed by atoms with Crippen molar-refractivity contribution in [2.24, 2.45) is 0 Å². The molecule has 0 atom stereocenters. The molecule has 0 radical (unpaired) electrons. The Morgan fingerprint density at radius 3 is 2.83 bits per heavy atom. The molecule has 0 saturated carbocycles. The van der Waals surface area contributed by atoms with Gasteiger partial charge < -0.3 is 5.32 Å². The van der Waals surface area contributed by atoms with Gasteiger partial charge in [0.25, 0.3) is 0 Å². The lowest BCUT2D eigenvalue weighted by molar-refractivity contribution is 1.12. The molecule has 0 spiro atoms. The molecule has 23 heavy (non-hydrogen) atoms. The van der Waals surface area contributed by atoms with Crippen molar-refractivity contribution in [2.45, 2.75) is 0 Å². The highest BCUT2D eigenvalue weighted by molar-refractivity contribution is 9.10. The lowest BCUT2D eigenvalue weighted by Crippen LogP contribution is -1.99. The number of pyridine rings is 2. The third kappa shape index (κ3) is 2.78. The predicted octanol–water partition coefficient (Wildman–Crippen LogP) is 3.69. The van der Waals surface area contributed by atoms with Crippen LogP contribution < -0.4 is 5.32 Å². The van der Waals surface area contributed by atoms with Crippen LogP contribution >= 0.6 is 15.9 Å². The minimum absolute atomic E-state index is 0.514. The summed E-state index contributed by atoms with van der Waals surface area (Å²) in [6.45, 7) is 0. The van der Waals surface area contributed by atoms with Gasteiger partial charge in [0.2, 0.25) is 5.95 Å². The zero-order valence-electron chi connectivity index (χ0n) is 11.9. The summed E-state index contributed by atoms with van der Waals surface area (Å²) in [6.07, 6.45) is 8.93. The summed E-state index contributed by atoms with van der Waals surface area (Å²) in [5.74, 6) is 0.514. The van der Waals surface area contributed by atoms with E-state index < -0.39 is 0 Å². The summed E-state index contributed by atoms with van der Waals surface area (Å²) < 4.78 is 2.97. The predicted molar refractivity (Wildman–Crippen MR) is 91.4 cm³/mol. The zero-order valence-corrected chi connectivity index (χ0v) is 13.5. The molecule has 0 aliphatic rings. The number of rotatable bonds is 3. The van der Waals surface area contributed by atoms with Crippen molar-refractivity contribution < 1.29 is 0 Å². The Hall–Kier alpha value is -2.80. The molecular formula is C16H11BrN6. The second-order valence-corrected chi connectivity index (χ2v) is 5.77. The number of hydrogen-bond acceptors (Lipinski definition) is 5. The highest BCUT2D eigenvalue weighted by atomic mass is 79.9. The average Bonchev–Trinajstić information content (AvgIpc) is 2.99. The number of aromatic nitrogens is 5. The van der Waals surface area contributed by atoms with Crippen LogP contribution in [0.2, 0.25) is 0 Å². The molecule has 7 heteroatoms. The maximum Gasteiger partial charge on any atom is 0.227 e. The van der Waals surface area contributed by atoms with E-state index in [2.05, 4.69) is 41.2 Å². The Kier molecular flexibility index (Phi) is 3.47. The van der Waals surface area contributed by atoms with E-state index in [1.165, 1.54) is 0 Å². The van der Waals surface area contributed by atoms with Crippen molar-refractivity contribution in [3.05, 3.63) is 65.8 Å². The van der Waals surface area contributed by atoms with Crippen LogP contribution in [0.1, 0.15) is 0 Å². The van der Waals surface area contributed by atoms with E-state index >= 15 is 0 Å². The fourth-order valence-electron chi connectivity index (χ4n) is 2.27. The van der Waals surface area contributed by atoms with Crippen LogP contribution in [-0.4, -0.2) is 24.3 Å². The van der Waals surface area contributed by atoms with Gasteiger partial charge in [-0.15, -0.1) is 0 Å². The number of anilines is 2. The van der Waals surface area contributed by atoms with E-state index in [9.17, 15) is 0 Å². The molecular weight excluding hydrogens is 356 g/mol. The van der Waals surface area contributed by atoms with Crippen molar-refractivity contribution in [1.82, 2.24) is 24.3 Å². The Labute approximate surface area is 140 Å². The van der Waals surface area contributed by atoms with E-state index in [0.29, 0.717) is 5.95 Å². The number of nitrogens with zero attached hydrogens (tertiary/aromatic N) is 5. The minimum Gasteiger partial charge on any atom is -0.323 e. The van der Waals surface area contributed by atoms with Gasteiger partial charge in [0.05, 0.1) is 29.5 Å². The van der Waals surface area contributed by atoms with Crippen LogP contribution in [0.15, 0.2) is 65.8 Å². The molecule has 0 aliphatic carbocycles. The minimum atomic E-state index is 0.514. The topological polar surface area (TPSA) is 68.0 Å². The fourth-order valence-corrected chi connectivity index (χ4v) is 2.61. The van der Waals surface area contributed by atoms with Crippen molar-refractivity contribution in [2.75, 3.05) is 5.32 Å². The first-order chi connectivity index (χ1) is 11.3. The Morgan fingerprint density at radius 2 is 1.96 bits per heavy atom. The molecule has 4 aromatic heterocycles. The number of imidazole rings is 1. The Morgan fingerprint density at radius 1 is 1.00 bits per heavy atom. The first-order valence-electron chi connectivity index (χ1n) is 6.93. The number of hydrogen-bond donors (Lipinski definition) is 1. The number of nitrogens with one attached hydrogen (secondary N) is 1. The molecule has 0 unspecified atom stereocenters. The molecule has 4 heterocycles. The second-order valence-electron chi connectivity index (χ2n) is 4.85. The first-order valence-corrected chi connectivity index (χ1v) is 7.72. The molecule has 1 N–H and O–H groups in total. The lowest BCUT2D eigenvalue weighted by atomic mass is 10.3. The lowest BCUT2D eigenvalue weighted by Gasteiger charge is -2.06. The summed E-state index contributed by atoms with van der Waals surface area (Å²) in [5, 5.41) is 3.14. The molecule has 112 valence electrons. The molecule has 0 amide bonds. The Bertz CT molecular complexity index is 967. The van der Waals surface area contributed by atoms with Gasteiger partial charge in [-0.3, -0.25) is 9.38 Å². The third-order valence-corrected chi connectivity index (χ3v) is 3.77. The monoisotopic (exact) mass is 366 g/mol. The van der Waals surface area contributed by atoms with E-state index in [1.54, 1.807) is 24.8 Å². The van der Waals surface area contributed by atoms with Gasteiger partial charge in [-0.2, -0.15) is 0 Å². The average molecular weight is 367 g/mol. The zero-order chi connectivity index (χ0) is 15.6. The normalized spacial score (nSPS) is 10.8. The molecule has 0 saturated heterocycles. The maximum atomic E-state index is 4.56. The van der Waals surface area contributed by atoms with Crippen molar-refractivity contribution >= 4 is 33.2 Å². The van der Waals surface area contributed by atoms with Crippen molar-refractivity contribution in [3.8, 4) is 11.4 Å². The summed E-state index contributed by atoms with van der Waals surface area (Å²) >= 11 is 3.48. The standard InChI is InChI=1S/C16H11BrN6/c17-11-3-4-15-20-9-14(23(15)10-11)13-5-7-19-16(22-13)21-12-2-1-6-18-8-12/h1-10H,(H,19,21,22). The fraction of sp³-hybridized carbons (Fsp3) is 0. The number of fused-ring (bicyclic) bond motifs is 1. The molecule has 0 fully saturated rings. The quantitative estimate of drug-likeness (QED) is 0.598. The molecule has 0 aliphatic heterocycles. The summed E-state index contributed by atoms with van der Waals surface area (Å²) in [7, 11) is 0. The molecule has 6 nitrogen and oxygen atoms in total. The highest BCUT2D eigenvalue weighted by Crippen LogP contribution is 2.22. The summed E-state index contributed by atoms with van der Waals surface area (Å²) in [4.78, 5) is 17.3. The van der Waals surface area contributed by atoms with Crippen molar-refractivity contribution in [3.63, 3.8) is 0 Å². The molecule has 0 bridgehead atoms. The summed E-state index contributed by atoms with van der Waals surface area (Å²) in [6, 6.07) is 9.53. The van der Waals surface area contributed by atoms with Gasteiger partial charge in [-0.05, 0) is 46.3 Å². The molecule has 4 aromatic rings. The molecule has 4 rings (SSSR count). The van der Waals surface area contributed by atoms with Gasteiger partial charge in [0, 0.05) is 23.1 Å². The van der Waals surface area contributed by atoms with Crippen molar-refractivity contribution in [1.29, 1.82) is 0 Å². The van der Waals surface area contributed by atoms with E-state index in [0.717, 1.165) is 27.2 Å². The van der Waals surface area contributed by atoms with Crippen LogP contribution in [0.25, 0.3) is 17.0 Å². The van der Waals surface area contributed by atoms with Gasteiger partial charge in [-0.1, -0.05) is 0 Å². The van der Waals surface area contributed by atoms with Crippen LogP contribution in [0.4, 0.5) is 11.6 Å². The van der Waals surface area contributed by atoms with Crippen LogP contribution in [-0.2, 0) is 0 Å². The maximum absolute atomic E-state index is 4.56. The highest BCUT2D eigenvalue weighted by Gasteiger charge is 2.09. The van der Waals surface area contributed by atoms with Gasteiger partial charge >= 0.3 is 0 Å². The van der Waals surface area contributed by atoms with Gasteiger partial charge in [0.15, 0.2) is 0 Å². The van der Waals surface area contributed by atoms with Crippen LogP contribution in [0, 0.1) is 0 Å². The van der Waals surface area contributed by atoms with E-state index in [-0.39, 0.29) is 0 Å². The van der Waals surface area contributed by atoms with E-state index in [4.69, 9.17) is 0 Å². The Balaban J connectivity index is 1.74. The van der Waals surface area contributed by atoms with Crippen LogP contribution in [0.5, 0.6) is 0 Å². The second kappa shape index (κ2) is 5.77. The van der Waals surface area contributed by atoms with E-state index in [1.807, 2.05) is 40.9 Å². The first kappa shape index (κ1) is 13.8. The van der Waals surface area contributed by atoms with Crippen LogP contribution in [0.3, 0.4) is 0 Å². The van der Waals surface area contributed by atoms with Gasteiger partial charge in [-0.25, -0.2) is 15.0 Å². The smallest absolute Gasteiger partial charge is 0.227 e. The largest absolute Gasteiger partial charge is 0.323 e.